The van der Waals surface area contributed by atoms with E-state index in [1.165, 1.54) is 11.8 Å². The molecule has 0 N–H and O–H groups in total. The summed E-state index contributed by atoms with van der Waals surface area (Å²) in [5, 5.41) is 3.49. The van der Waals surface area contributed by atoms with Gasteiger partial charge in [0.05, 0.1) is 5.69 Å². The highest BCUT2D eigenvalue weighted by Crippen LogP contribution is 2.39. The van der Waals surface area contributed by atoms with Gasteiger partial charge >= 0.3 is 0 Å². The number of carbonyl (C=O) groups is 2. The molecule has 2 aromatic carbocycles. The summed E-state index contributed by atoms with van der Waals surface area (Å²) >= 11 is 0. The summed E-state index contributed by atoms with van der Waals surface area (Å²) in [5.74, 6) is -1.04. The molecule has 0 aliphatic carbocycles. The third-order valence-corrected chi connectivity index (χ3v) is 3.71. The van der Waals surface area contributed by atoms with Crippen molar-refractivity contribution in [2.24, 2.45) is 5.11 Å². The number of nitrogens with zero attached hydrogens (tertiary/aromatic N) is 4. The Balaban J connectivity index is 2.29. The van der Waals surface area contributed by atoms with Crippen LogP contribution in [0.1, 0.15) is 17.3 Å². The van der Waals surface area contributed by atoms with Gasteiger partial charge in [0.2, 0.25) is 0 Å². The van der Waals surface area contributed by atoms with Crippen LogP contribution in [0.5, 0.6) is 0 Å². The van der Waals surface area contributed by atoms with Crippen LogP contribution in [0.2, 0.25) is 0 Å². The Labute approximate surface area is 126 Å². The van der Waals surface area contributed by atoms with Crippen LogP contribution in [-0.4, -0.2) is 17.2 Å². The number of carbonyl (C=O) groups excluding carboxylic acids is 2. The molecular formula is C16H12N4O2. The van der Waals surface area contributed by atoms with Crippen molar-refractivity contribution in [3.63, 3.8) is 0 Å². The fraction of sp³-hybridized carbons (Fsp3) is 0.125. The number of anilines is 2. The number of para-hydroxylation sites is 2. The maximum absolute atomic E-state index is 12.9. The van der Waals surface area contributed by atoms with E-state index in [-0.39, 0.29) is 0 Å². The van der Waals surface area contributed by atoms with Gasteiger partial charge in [0.1, 0.15) is 0 Å². The van der Waals surface area contributed by atoms with Crippen LogP contribution in [0.15, 0.2) is 59.7 Å². The van der Waals surface area contributed by atoms with E-state index >= 15 is 0 Å². The number of Topliss-reactive ketones (excluding diaryl/α,β-unsaturated/α-hetero) is 1. The van der Waals surface area contributed by atoms with E-state index in [4.69, 9.17) is 5.53 Å². The smallest absolute Gasteiger partial charge is 0.251 e. The molecule has 0 radical (unpaired) electrons. The van der Waals surface area contributed by atoms with Crippen LogP contribution >= 0.6 is 0 Å². The van der Waals surface area contributed by atoms with E-state index in [1.807, 2.05) is 6.07 Å². The summed E-state index contributed by atoms with van der Waals surface area (Å²) in [5.41, 5.74) is 8.45. The molecule has 0 aromatic heterocycles. The number of ketones is 1. The van der Waals surface area contributed by atoms with Crippen molar-refractivity contribution in [2.45, 2.75) is 12.5 Å². The molecule has 1 aliphatic rings. The number of rotatable bonds is 2. The first-order valence-corrected chi connectivity index (χ1v) is 6.69. The summed E-state index contributed by atoms with van der Waals surface area (Å²) in [7, 11) is 0. The highest BCUT2D eigenvalue weighted by Gasteiger charge is 2.49. The Hall–Kier alpha value is -3.11. The van der Waals surface area contributed by atoms with E-state index in [0.29, 0.717) is 16.9 Å². The lowest BCUT2D eigenvalue weighted by Crippen LogP contribution is -2.53. The molecule has 6 heteroatoms. The molecule has 0 bridgehead atoms. The molecule has 1 aliphatic heterocycles. The molecule has 0 spiro atoms. The number of azide groups is 1. The van der Waals surface area contributed by atoms with E-state index in [0.717, 1.165) is 0 Å². The minimum absolute atomic E-state index is 0.362. The van der Waals surface area contributed by atoms with Gasteiger partial charge in [-0.2, -0.15) is 0 Å². The SMILES string of the molecule is CC1(N=[N+]=[N-])C(=O)c2ccccc2N(c2ccccc2)C1=O. The summed E-state index contributed by atoms with van der Waals surface area (Å²) in [6.07, 6.45) is 0. The van der Waals surface area contributed by atoms with Crippen LogP contribution < -0.4 is 4.90 Å². The van der Waals surface area contributed by atoms with Gasteiger partial charge in [-0.1, -0.05) is 35.4 Å². The molecule has 0 saturated carbocycles. The highest BCUT2D eigenvalue weighted by molar-refractivity contribution is 6.29. The monoisotopic (exact) mass is 292 g/mol. The number of benzene rings is 2. The zero-order valence-electron chi connectivity index (χ0n) is 11.8. The van der Waals surface area contributed by atoms with E-state index in [9.17, 15) is 9.59 Å². The molecule has 3 rings (SSSR count). The Kier molecular flexibility index (Phi) is 3.16. The Morgan fingerprint density at radius 2 is 1.68 bits per heavy atom. The molecular weight excluding hydrogens is 280 g/mol. The predicted molar refractivity (Wildman–Crippen MR) is 81.9 cm³/mol. The first kappa shape index (κ1) is 13.9. The van der Waals surface area contributed by atoms with Crippen LogP contribution in [0.25, 0.3) is 10.4 Å². The maximum Gasteiger partial charge on any atom is 0.251 e. The summed E-state index contributed by atoms with van der Waals surface area (Å²) in [6, 6.07) is 15.8. The third kappa shape index (κ3) is 1.86. The van der Waals surface area contributed by atoms with Gasteiger partial charge in [-0.15, -0.1) is 0 Å². The molecule has 1 heterocycles. The van der Waals surface area contributed by atoms with Gasteiger partial charge in [0, 0.05) is 16.2 Å². The van der Waals surface area contributed by atoms with E-state index in [1.54, 1.807) is 48.5 Å². The lowest BCUT2D eigenvalue weighted by atomic mass is 9.85. The Bertz CT molecular complexity index is 812. The number of amides is 1. The molecule has 1 atom stereocenters. The first-order chi connectivity index (χ1) is 10.6. The molecule has 0 saturated heterocycles. The topological polar surface area (TPSA) is 86.1 Å². The molecule has 1 amide bonds. The zero-order chi connectivity index (χ0) is 15.7. The van der Waals surface area contributed by atoms with Crippen LogP contribution in [0, 0.1) is 0 Å². The van der Waals surface area contributed by atoms with Gasteiger partial charge in [0.25, 0.3) is 5.91 Å². The van der Waals surface area contributed by atoms with Crippen molar-refractivity contribution in [3.8, 4) is 0 Å². The fourth-order valence-electron chi connectivity index (χ4n) is 2.56. The van der Waals surface area contributed by atoms with Crippen molar-refractivity contribution >= 4 is 23.1 Å². The minimum Gasteiger partial charge on any atom is -0.293 e. The normalized spacial score (nSPS) is 20.3. The van der Waals surface area contributed by atoms with Crippen molar-refractivity contribution in [2.75, 3.05) is 4.90 Å². The summed E-state index contributed by atoms with van der Waals surface area (Å²) < 4.78 is 0. The molecule has 22 heavy (non-hydrogen) atoms. The quantitative estimate of drug-likeness (QED) is 0.366. The molecule has 6 nitrogen and oxygen atoms in total. The second-order valence-corrected chi connectivity index (χ2v) is 5.08. The molecule has 0 fully saturated rings. The lowest BCUT2D eigenvalue weighted by Gasteiger charge is -2.36. The van der Waals surface area contributed by atoms with Crippen molar-refractivity contribution in [1.82, 2.24) is 0 Å². The molecule has 108 valence electrons. The maximum atomic E-state index is 12.9. The zero-order valence-corrected chi connectivity index (χ0v) is 11.8. The minimum atomic E-state index is -1.78. The van der Waals surface area contributed by atoms with Crippen molar-refractivity contribution < 1.29 is 9.59 Å². The van der Waals surface area contributed by atoms with E-state index < -0.39 is 17.2 Å². The van der Waals surface area contributed by atoms with E-state index in [2.05, 4.69) is 10.0 Å². The Morgan fingerprint density at radius 3 is 2.36 bits per heavy atom. The van der Waals surface area contributed by atoms with Gasteiger partial charge in [-0.25, -0.2) is 0 Å². The largest absolute Gasteiger partial charge is 0.293 e. The lowest BCUT2D eigenvalue weighted by molar-refractivity contribution is -0.121. The third-order valence-electron chi connectivity index (χ3n) is 3.71. The highest BCUT2D eigenvalue weighted by atomic mass is 16.2. The second-order valence-electron chi connectivity index (χ2n) is 5.08. The van der Waals surface area contributed by atoms with Crippen LogP contribution in [-0.2, 0) is 4.79 Å². The number of hydrogen-bond acceptors (Lipinski definition) is 3. The average molecular weight is 292 g/mol. The van der Waals surface area contributed by atoms with Crippen molar-refractivity contribution in [3.05, 3.63) is 70.6 Å². The van der Waals surface area contributed by atoms with Gasteiger partial charge in [-0.05, 0) is 36.7 Å². The number of hydrogen-bond donors (Lipinski definition) is 0. The van der Waals surface area contributed by atoms with Gasteiger partial charge in [-0.3, -0.25) is 14.5 Å². The summed E-state index contributed by atoms with van der Waals surface area (Å²) in [6.45, 7) is 1.35. The first-order valence-electron chi connectivity index (χ1n) is 6.69. The predicted octanol–water partition coefficient (Wildman–Crippen LogP) is 3.62. The second kappa shape index (κ2) is 5.02. The Morgan fingerprint density at radius 1 is 1.05 bits per heavy atom. The van der Waals surface area contributed by atoms with Crippen LogP contribution in [0.4, 0.5) is 11.4 Å². The van der Waals surface area contributed by atoms with Gasteiger partial charge < -0.3 is 0 Å². The van der Waals surface area contributed by atoms with Crippen molar-refractivity contribution in [1.29, 1.82) is 0 Å². The number of fused-ring (bicyclic) bond motifs is 1. The standard InChI is InChI=1S/C16H12N4O2/c1-16(18-19-17)14(21)12-9-5-6-10-13(12)20(15(16)22)11-7-3-2-4-8-11/h2-10H,1H3. The average Bonchev–Trinajstić information content (AvgIpc) is 2.55. The summed E-state index contributed by atoms with van der Waals surface area (Å²) in [4.78, 5) is 29.6. The molecule has 1 unspecified atom stereocenters. The van der Waals surface area contributed by atoms with Gasteiger partial charge in [0.15, 0.2) is 11.3 Å². The van der Waals surface area contributed by atoms with Crippen LogP contribution in [0.3, 0.4) is 0 Å². The molecule has 2 aromatic rings. The fourth-order valence-corrected chi connectivity index (χ4v) is 2.56.